The number of aryl methyl sites for hydroxylation is 2. The van der Waals surface area contributed by atoms with E-state index in [9.17, 15) is 0 Å². The Hall–Kier alpha value is -3.28. The number of H-pyrrole nitrogens is 1. The van der Waals surface area contributed by atoms with Gasteiger partial charge < -0.3 is 4.90 Å². The standard InChI is InChI=1S/C24H24N6/c1-2-4-16(5-3-1)12-17-8-10-30(11-9-17)24-26-14-19-21(28-24)7-6-18-13-25-23-20(22(18)19)15-27-29-23/h1-5,13-15,17H,6-12H2,(H,25,27,29). The highest BCUT2D eigenvalue weighted by atomic mass is 15.3. The number of benzene rings is 1. The largest absolute Gasteiger partial charge is 0.341 e. The number of rotatable bonds is 3. The highest BCUT2D eigenvalue weighted by molar-refractivity contribution is 5.95. The molecule has 1 aliphatic carbocycles. The minimum Gasteiger partial charge on any atom is -0.341 e. The third-order valence-electron chi connectivity index (χ3n) is 6.58. The summed E-state index contributed by atoms with van der Waals surface area (Å²) in [7, 11) is 0. The van der Waals surface area contributed by atoms with Crippen molar-refractivity contribution in [1.29, 1.82) is 0 Å². The summed E-state index contributed by atoms with van der Waals surface area (Å²) in [5.74, 6) is 1.63. The predicted molar refractivity (Wildman–Crippen MR) is 117 cm³/mol. The molecule has 6 heteroatoms. The van der Waals surface area contributed by atoms with Crippen LogP contribution in [0.3, 0.4) is 0 Å². The van der Waals surface area contributed by atoms with Crippen LogP contribution in [0.1, 0.15) is 29.7 Å². The fourth-order valence-corrected chi connectivity index (χ4v) is 4.94. The summed E-state index contributed by atoms with van der Waals surface area (Å²) in [5, 5.41) is 8.21. The van der Waals surface area contributed by atoms with E-state index in [1.165, 1.54) is 36.0 Å². The van der Waals surface area contributed by atoms with Crippen LogP contribution in [0.15, 0.2) is 48.9 Å². The van der Waals surface area contributed by atoms with E-state index in [1.54, 1.807) is 0 Å². The number of piperidine rings is 1. The van der Waals surface area contributed by atoms with Crippen molar-refractivity contribution in [1.82, 2.24) is 25.1 Å². The zero-order chi connectivity index (χ0) is 19.9. The highest BCUT2D eigenvalue weighted by Gasteiger charge is 2.25. The van der Waals surface area contributed by atoms with E-state index in [2.05, 4.69) is 50.4 Å². The number of hydrogen-bond donors (Lipinski definition) is 1. The lowest BCUT2D eigenvalue weighted by Crippen LogP contribution is -2.35. The first-order chi connectivity index (χ1) is 14.8. The molecule has 0 unspecified atom stereocenters. The minimum absolute atomic E-state index is 0.745. The van der Waals surface area contributed by atoms with Crippen LogP contribution < -0.4 is 4.90 Å². The molecule has 1 aliphatic heterocycles. The number of aromatic amines is 1. The van der Waals surface area contributed by atoms with Crippen LogP contribution in [0.25, 0.3) is 22.2 Å². The zero-order valence-corrected chi connectivity index (χ0v) is 16.9. The molecule has 4 heterocycles. The summed E-state index contributed by atoms with van der Waals surface area (Å²) >= 11 is 0. The van der Waals surface area contributed by atoms with E-state index in [4.69, 9.17) is 9.97 Å². The van der Waals surface area contributed by atoms with E-state index in [1.807, 2.05) is 18.6 Å². The Morgan fingerprint density at radius 1 is 0.967 bits per heavy atom. The first-order valence-electron chi connectivity index (χ1n) is 10.8. The van der Waals surface area contributed by atoms with Crippen molar-refractivity contribution in [2.45, 2.75) is 32.1 Å². The topological polar surface area (TPSA) is 70.6 Å². The van der Waals surface area contributed by atoms with Crippen molar-refractivity contribution in [2.75, 3.05) is 18.0 Å². The molecule has 0 amide bonds. The smallest absolute Gasteiger partial charge is 0.225 e. The maximum Gasteiger partial charge on any atom is 0.225 e. The lowest BCUT2D eigenvalue weighted by molar-refractivity contribution is 0.400. The highest BCUT2D eigenvalue weighted by Crippen LogP contribution is 2.37. The number of hydrogen-bond acceptors (Lipinski definition) is 5. The lowest BCUT2D eigenvalue weighted by Gasteiger charge is -2.32. The Kier molecular flexibility index (Phi) is 4.22. The molecule has 6 rings (SSSR count). The summed E-state index contributed by atoms with van der Waals surface area (Å²) < 4.78 is 0. The predicted octanol–water partition coefficient (Wildman–Crippen LogP) is 3.97. The van der Waals surface area contributed by atoms with Gasteiger partial charge in [-0.05, 0) is 49.1 Å². The number of anilines is 1. The van der Waals surface area contributed by atoms with Crippen molar-refractivity contribution in [2.24, 2.45) is 5.92 Å². The molecule has 6 nitrogen and oxygen atoms in total. The van der Waals surface area contributed by atoms with Gasteiger partial charge in [0.25, 0.3) is 0 Å². The summed E-state index contributed by atoms with van der Waals surface area (Å²) in [4.78, 5) is 16.6. The Bertz CT molecular complexity index is 1190. The number of nitrogens with one attached hydrogen (secondary N) is 1. The summed E-state index contributed by atoms with van der Waals surface area (Å²) in [6.45, 7) is 2.06. The van der Waals surface area contributed by atoms with Crippen LogP contribution in [0.5, 0.6) is 0 Å². The van der Waals surface area contributed by atoms with E-state index in [0.29, 0.717) is 0 Å². The van der Waals surface area contributed by atoms with Gasteiger partial charge >= 0.3 is 0 Å². The lowest BCUT2D eigenvalue weighted by atomic mass is 9.89. The Morgan fingerprint density at radius 2 is 1.83 bits per heavy atom. The van der Waals surface area contributed by atoms with Crippen LogP contribution in [-0.2, 0) is 19.3 Å². The maximum atomic E-state index is 5.00. The fourth-order valence-electron chi connectivity index (χ4n) is 4.94. The van der Waals surface area contributed by atoms with Crippen LogP contribution in [0, 0.1) is 5.92 Å². The molecular weight excluding hydrogens is 372 g/mol. The normalized spacial score (nSPS) is 16.5. The van der Waals surface area contributed by atoms with E-state index < -0.39 is 0 Å². The molecule has 0 saturated carbocycles. The van der Waals surface area contributed by atoms with E-state index in [-0.39, 0.29) is 0 Å². The van der Waals surface area contributed by atoms with Crippen LogP contribution >= 0.6 is 0 Å². The minimum atomic E-state index is 0.745. The maximum absolute atomic E-state index is 5.00. The van der Waals surface area contributed by atoms with E-state index in [0.717, 1.165) is 60.1 Å². The third kappa shape index (κ3) is 3.03. The second-order valence-electron chi connectivity index (χ2n) is 8.44. The molecule has 0 bridgehead atoms. The van der Waals surface area contributed by atoms with Crippen molar-refractivity contribution < 1.29 is 0 Å². The van der Waals surface area contributed by atoms with Gasteiger partial charge in [0.05, 0.1) is 11.9 Å². The van der Waals surface area contributed by atoms with Gasteiger partial charge in [-0.25, -0.2) is 15.0 Å². The van der Waals surface area contributed by atoms with Crippen molar-refractivity contribution >= 4 is 17.0 Å². The molecule has 150 valence electrons. The molecule has 0 spiro atoms. The van der Waals surface area contributed by atoms with Gasteiger partial charge in [0, 0.05) is 42.0 Å². The Morgan fingerprint density at radius 3 is 2.70 bits per heavy atom. The van der Waals surface area contributed by atoms with Gasteiger partial charge in [-0.1, -0.05) is 30.3 Å². The molecule has 3 aromatic heterocycles. The van der Waals surface area contributed by atoms with Crippen molar-refractivity contribution in [3.8, 4) is 11.1 Å². The molecule has 1 saturated heterocycles. The van der Waals surface area contributed by atoms with Gasteiger partial charge in [0.15, 0.2) is 5.65 Å². The van der Waals surface area contributed by atoms with Gasteiger partial charge in [-0.3, -0.25) is 5.10 Å². The average Bonchev–Trinajstić information content (AvgIpc) is 3.29. The first-order valence-corrected chi connectivity index (χ1v) is 10.8. The molecular formula is C24H24N6. The van der Waals surface area contributed by atoms with E-state index >= 15 is 0 Å². The number of aromatic nitrogens is 5. The average molecular weight is 396 g/mol. The van der Waals surface area contributed by atoms with Gasteiger partial charge in [0.2, 0.25) is 5.95 Å². The summed E-state index contributed by atoms with van der Waals surface area (Å²) in [6.07, 6.45) is 11.3. The molecule has 4 aromatic rings. The third-order valence-corrected chi connectivity index (χ3v) is 6.58. The van der Waals surface area contributed by atoms with Crippen molar-refractivity contribution in [3.63, 3.8) is 0 Å². The van der Waals surface area contributed by atoms with Crippen LogP contribution in [-0.4, -0.2) is 38.2 Å². The molecule has 0 atom stereocenters. The second-order valence-corrected chi connectivity index (χ2v) is 8.44. The first kappa shape index (κ1) is 17.6. The zero-order valence-electron chi connectivity index (χ0n) is 16.9. The number of nitrogens with zero attached hydrogens (tertiary/aromatic N) is 5. The van der Waals surface area contributed by atoms with Gasteiger partial charge in [0.1, 0.15) is 0 Å². The molecule has 1 aromatic carbocycles. The fraction of sp³-hybridized carbons (Fsp3) is 0.333. The quantitative estimate of drug-likeness (QED) is 0.567. The Labute approximate surface area is 175 Å². The van der Waals surface area contributed by atoms with Gasteiger partial charge in [-0.2, -0.15) is 5.10 Å². The van der Waals surface area contributed by atoms with Crippen LogP contribution in [0.4, 0.5) is 5.95 Å². The molecule has 30 heavy (non-hydrogen) atoms. The molecule has 2 aliphatic rings. The summed E-state index contributed by atoms with van der Waals surface area (Å²) in [5.41, 5.74) is 7.00. The Balaban J connectivity index is 1.22. The second kappa shape index (κ2) is 7.20. The molecule has 1 fully saturated rings. The molecule has 1 N–H and O–H groups in total. The SMILES string of the molecule is c1ccc(CC2CCN(c3ncc4c(n3)CCc3cnc5[nH]ncc5c3-4)CC2)cc1. The number of pyridine rings is 1. The van der Waals surface area contributed by atoms with Crippen LogP contribution in [0.2, 0.25) is 0 Å². The number of fused-ring (bicyclic) bond motifs is 5. The molecule has 0 radical (unpaired) electrons. The monoisotopic (exact) mass is 396 g/mol. The van der Waals surface area contributed by atoms with Gasteiger partial charge in [-0.15, -0.1) is 0 Å². The summed E-state index contributed by atoms with van der Waals surface area (Å²) in [6, 6.07) is 10.8. The van der Waals surface area contributed by atoms with Crippen molar-refractivity contribution in [3.05, 3.63) is 65.7 Å².